The maximum atomic E-state index is 13.4. The van der Waals surface area contributed by atoms with E-state index in [1.54, 1.807) is 47.0 Å². The summed E-state index contributed by atoms with van der Waals surface area (Å²) in [5, 5.41) is 12.1. The molecule has 460 valence electrons. The van der Waals surface area contributed by atoms with E-state index >= 15 is 0 Å². The van der Waals surface area contributed by atoms with Crippen LogP contribution in [0.3, 0.4) is 0 Å². The van der Waals surface area contributed by atoms with Crippen molar-refractivity contribution in [1.29, 1.82) is 0 Å². The summed E-state index contributed by atoms with van der Waals surface area (Å²) in [6, 6.07) is 53.6. The Morgan fingerprint density at radius 3 is 0.852 bits per heavy atom. The van der Waals surface area contributed by atoms with Gasteiger partial charge in [0.2, 0.25) is 0 Å². The Morgan fingerprint density at radius 1 is 0.352 bits per heavy atom. The smallest absolute Gasteiger partial charge is 0.319 e. The molecule has 8 bridgehead atoms. The van der Waals surface area contributed by atoms with Gasteiger partial charge in [-0.2, -0.15) is 0 Å². The SMILES string of the molecule is Cc1ccc(NC(=O)NCCOc2c3cc(C(C)(C)C)cc2Sc2cc(C(C)(C)C)cc(c2OCc2ccccc2)Sc2cc(C(C)(C)C)cc(c2OCCNC(=O)Nc2ccc(C)cc2)Sc2cc(C(C)(C)C)cc(c2OCc2ccccc2)S3)cc1. The summed E-state index contributed by atoms with van der Waals surface area (Å²) in [5.41, 5.74) is 9.04. The minimum Gasteiger partial charge on any atom is -0.489 e. The van der Waals surface area contributed by atoms with Gasteiger partial charge in [0, 0.05) is 11.4 Å². The summed E-state index contributed by atoms with van der Waals surface area (Å²) in [7, 11) is 0. The van der Waals surface area contributed by atoms with Gasteiger partial charge in [0.15, 0.2) is 0 Å². The Kier molecular flexibility index (Phi) is 20.9. The molecule has 0 fully saturated rings. The fraction of sp³-hybridized carbons (Fsp3) is 0.324. The number of ether oxygens (including phenoxy) is 4. The molecule has 0 spiro atoms. The molecule has 0 saturated heterocycles. The van der Waals surface area contributed by atoms with Gasteiger partial charge in [-0.15, -0.1) is 0 Å². The van der Waals surface area contributed by atoms with E-state index in [1.807, 2.05) is 98.8 Å². The summed E-state index contributed by atoms with van der Waals surface area (Å²) in [5.74, 6) is 2.81. The highest BCUT2D eigenvalue weighted by Crippen LogP contribution is 2.57. The van der Waals surface area contributed by atoms with Crippen LogP contribution in [0.15, 0.2) is 197 Å². The van der Waals surface area contributed by atoms with Crippen molar-refractivity contribution in [3.63, 3.8) is 0 Å². The second-order valence-electron chi connectivity index (χ2n) is 26.4. The van der Waals surface area contributed by atoms with Gasteiger partial charge in [0.05, 0.1) is 52.3 Å². The third kappa shape index (κ3) is 17.6. The molecule has 0 atom stereocenters. The number of hydrogen-bond donors (Lipinski definition) is 4. The average Bonchev–Trinajstić information content (AvgIpc) is 0.901. The van der Waals surface area contributed by atoms with Gasteiger partial charge in [-0.1, -0.05) is 226 Å². The molecule has 0 unspecified atom stereocenters. The average molecular weight is 1250 g/mol. The standard InChI is InChI=1S/C74H84N4O6S4/c1-47-25-29-55(30-26-47)77-69(79)75-33-35-81-65-57-37-51(71(3,4)5)38-58(65)86-62-42-54(74(12,13)14)44-64(68(62)84-46-50-23-19-16-20-24-50)88-60-40-52(72(6,7)8)39-59(66(60)82-36-34-76-70(80)78-56-31-27-48(2)28-32-56)87-63-43-53(73(9,10)11)41-61(85-57)67(63)83-45-49-21-17-15-18-22-49/h15-32,37-44H,33-36,45-46H2,1-14H3,(H2,75,77,79)(H2,76,78,80). The van der Waals surface area contributed by atoms with Crippen LogP contribution < -0.4 is 40.2 Å². The summed E-state index contributed by atoms with van der Waals surface area (Å²) in [6.07, 6.45) is 0. The molecular formula is C74H84N4O6S4. The molecule has 8 aromatic rings. The lowest BCUT2D eigenvalue weighted by Gasteiger charge is -2.28. The van der Waals surface area contributed by atoms with E-state index in [9.17, 15) is 9.59 Å². The van der Waals surface area contributed by atoms with Crippen molar-refractivity contribution in [2.75, 3.05) is 36.9 Å². The molecule has 88 heavy (non-hydrogen) atoms. The van der Waals surface area contributed by atoms with Crippen LogP contribution in [0, 0.1) is 13.8 Å². The number of aryl methyl sites for hydroxylation is 2. The van der Waals surface area contributed by atoms with Gasteiger partial charge in [-0.3, -0.25) is 0 Å². The van der Waals surface area contributed by atoms with E-state index in [4.69, 9.17) is 18.9 Å². The van der Waals surface area contributed by atoms with Crippen molar-refractivity contribution < 1.29 is 28.5 Å². The highest BCUT2D eigenvalue weighted by molar-refractivity contribution is 8.01. The van der Waals surface area contributed by atoms with Gasteiger partial charge in [-0.25, -0.2) is 9.59 Å². The Hall–Kier alpha value is -7.10. The van der Waals surface area contributed by atoms with E-state index in [0.29, 0.717) is 36.1 Å². The number of carbonyl (C=O) groups excluding carboxylic acids is 2. The van der Waals surface area contributed by atoms with Crippen LogP contribution in [-0.2, 0) is 34.9 Å². The Morgan fingerprint density at radius 2 is 0.602 bits per heavy atom. The first-order valence-corrected chi connectivity index (χ1v) is 33.3. The van der Waals surface area contributed by atoms with Crippen LogP contribution >= 0.6 is 47.0 Å². The fourth-order valence-electron chi connectivity index (χ4n) is 9.41. The summed E-state index contributed by atoms with van der Waals surface area (Å²) < 4.78 is 28.8. The van der Waals surface area contributed by atoms with E-state index in [1.165, 1.54) is 0 Å². The molecule has 1 heterocycles. The maximum Gasteiger partial charge on any atom is 0.319 e. The highest BCUT2D eigenvalue weighted by Gasteiger charge is 2.31. The molecule has 10 nitrogen and oxygen atoms in total. The number of nitrogens with one attached hydrogen (secondary N) is 4. The lowest BCUT2D eigenvalue weighted by molar-refractivity contribution is 0.245. The fourth-order valence-corrected chi connectivity index (χ4v) is 14.2. The third-order valence-corrected chi connectivity index (χ3v) is 19.0. The second-order valence-corrected chi connectivity index (χ2v) is 30.7. The predicted molar refractivity (Wildman–Crippen MR) is 366 cm³/mol. The molecular weight excluding hydrogens is 1170 g/mol. The Bertz CT molecular complexity index is 3390. The van der Waals surface area contributed by atoms with Crippen molar-refractivity contribution >= 4 is 70.5 Å². The molecule has 8 aromatic carbocycles. The van der Waals surface area contributed by atoms with E-state index in [-0.39, 0.29) is 60.0 Å². The highest BCUT2D eigenvalue weighted by atomic mass is 32.2. The number of carbonyl (C=O) groups is 2. The molecule has 4 amide bonds. The Balaban J connectivity index is 1.27. The lowest BCUT2D eigenvalue weighted by atomic mass is 9.87. The van der Waals surface area contributed by atoms with Crippen molar-refractivity contribution in [3.8, 4) is 23.0 Å². The van der Waals surface area contributed by atoms with E-state index in [0.717, 1.165) is 95.2 Å². The van der Waals surface area contributed by atoms with Crippen LogP contribution in [-0.4, -0.2) is 38.4 Å². The number of benzene rings is 8. The van der Waals surface area contributed by atoms with Crippen molar-refractivity contribution in [2.24, 2.45) is 0 Å². The van der Waals surface area contributed by atoms with Crippen LogP contribution in [0.1, 0.15) is 128 Å². The second kappa shape index (κ2) is 28.2. The van der Waals surface area contributed by atoms with Crippen LogP contribution in [0.4, 0.5) is 21.0 Å². The number of hydrogen-bond acceptors (Lipinski definition) is 10. The minimum absolute atomic E-state index is 0.179. The molecule has 4 N–H and O–H groups in total. The molecule has 0 saturated carbocycles. The first kappa shape index (κ1) is 65.3. The summed E-state index contributed by atoms with van der Waals surface area (Å²) in [6.45, 7) is 32.5. The monoisotopic (exact) mass is 1250 g/mol. The number of fused-ring (bicyclic) bond motifs is 8. The third-order valence-electron chi connectivity index (χ3n) is 14.8. The van der Waals surface area contributed by atoms with Gasteiger partial charge < -0.3 is 40.2 Å². The zero-order chi connectivity index (χ0) is 63.0. The topological polar surface area (TPSA) is 119 Å². The van der Waals surface area contributed by atoms with Crippen molar-refractivity contribution in [1.82, 2.24) is 10.6 Å². The van der Waals surface area contributed by atoms with Crippen LogP contribution in [0.5, 0.6) is 23.0 Å². The zero-order valence-corrected chi connectivity index (χ0v) is 56.6. The van der Waals surface area contributed by atoms with Crippen LogP contribution in [0.2, 0.25) is 0 Å². The normalized spacial score (nSPS) is 12.6. The molecule has 9 rings (SSSR count). The molecule has 0 aliphatic carbocycles. The molecule has 1 aliphatic heterocycles. The van der Waals surface area contributed by atoms with Crippen molar-refractivity contribution in [2.45, 2.75) is 171 Å². The Labute approximate surface area is 539 Å². The quantitative estimate of drug-likeness (QED) is 0.0697. The first-order chi connectivity index (χ1) is 41.7. The molecule has 0 radical (unpaired) electrons. The first-order valence-electron chi connectivity index (χ1n) is 30.0. The number of anilines is 2. The predicted octanol–water partition coefficient (Wildman–Crippen LogP) is 20.0. The largest absolute Gasteiger partial charge is 0.489 e. The molecule has 1 aliphatic rings. The molecule has 0 aromatic heterocycles. The number of urea groups is 2. The summed E-state index contributed by atoms with van der Waals surface area (Å²) in [4.78, 5) is 34.1. The maximum absolute atomic E-state index is 13.4. The minimum atomic E-state index is -0.319. The van der Waals surface area contributed by atoms with Gasteiger partial charge in [0.1, 0.15) is 49.4 Å². The number of amides is 4. The van der Waals surface area contributed by atoms with Gasteiger partial charge in [-0.05, 0) is 142 Å². The van der Waals surface area contributed by atoms with E-state index in [2.05, 4.69) is 177 Å². The zero-order valence-electron chi connectivity index (χ0n) is 53.3. The van der Waals surface area contributed by atoms with Gasteiger partial charge >= 0.3 is 12.1 Å². The van der Waals surface area contributed by atoms with Crippen molar-refractivity contribution in [3.05, 3.63) is 202 Å². The number of rotatable bonds is 16. The van der Waals surface area contributed by atoms with Gasteiger partial charge in [0.25, 0.3) is 0 Å². The van der Waals surface area contributed by atoms with Crippen LogP contribution in [0.25, 0.3) is 0 Å². The summed E-state index contributed by atoms with van der Waals surface area (Å²) >= 11 is 6.52. The van der Waals surface area contributed by atoms with E-state index < -0.39 is 0 Å². The molecule has 14 heteroatoms. The lowest BCUT2D eigenvalue weighted by Crippen LogP contribution is -2.32.